The summed E-state index contributed by atoms with van der Waals surface area (Å²) in [5.41, 5.74) is 2.92. The fourth-order valence-corrected chi connectivity index (χ4v) is 4.11. The van der Waals surface area contributed by atoms with Gasteiger partial charge in [0.15, 0.2) is 17.3 Å². The number of methoxy groups -OCH3 is 1. The lowest BCUT2D eigenvalue weighted by atomic mass is 9.69. The number of hydrogen-bond acceptors (Lipinski definition) is 5. The number of carbonyl (C=O) groups excluding carboxylic acids is 1. The van der Waals surface area contributed by atoms with Crippen LogP contribution in [0.3, 0.4) is 0 Å². The molecule has 1 aliphatic carbocycles. The Morgan fingerprint density at radius 3 is 2.69 bits per heavy atom. The second-order valence-corrected chi connectivity index (χ2v) is 7.94. The number of phenolic OH excluding ortho intramolecular Hbond substituents is 1. The number of aromatic hydroxyl groups is 1. The number of ketones is 1. The molecule has 0 fully saturated rings. The zero-order valence-corrected chi connectivity index (χ0v) is 16.0. The maximum atomic E-state index is 13.0. The van der Waals surface area contributed by atoms with Crippen LogP contribution in [0, 0.1) is 16.7 Å². The van der Waals surface area contributed by atoms with Gasteiger partial charge in [0, 0.05) is 23.4 Å². The highest BCUT2D eigenvalue weighted by molar-refractivity contribution is 6.33. The molecule has 0 aromatic heterocycles. The van der Waals surface area contributed by atoms with E-state index in [-0.39, 0.29) is 27.7 Å². The molecule has 5 nitrogen and oxygen atoms in total. The van der Waals surface area contributed by atoms with Crippen molar-refractivity contribution in [2.45, 2.75) is 39.5 Å². The second-order valence-electron chi connectivity index (χ2n) is 7.56. The van der Waals surface area contributed by atoms with Crippen LogP contribution in [0.2, 0.25) is 5.02 Å². The van der Waals surface area contributed by atoms with Gasteiger partial charge in [-0.05, 0) is 30.4 Å². The normalized spacial score (nSPS) is 21.8. The molecular weight excluding hydrogens is 352 g/mol. The van der Waals surface area contributed by atoms with Gasteiger partial charge in [-0.25, -0.2) is 0 Å². The Balaban J connectivity index is 2.24. The first-order valence-electron chi connectivity index (χ1n) is 8.39. The summed E-state index contributed by atoms with van der Waals surface area (Å²) < 4.78 is 5.09. The van der Waals surface area contributed by atoms with Gasteiger partial charge < -0.3 is 15.2 Å². The third-order valence-corrected chi connectivity index (χ3v) is 5.40. The Kier molecular flexibility index (Phi) is 4.49. The fraction of sp³-hybridized carbons (Fsp3) is 0.400. The van der Waals surface area contributed by atoms with Gasteiger partial charge >= 0.3 is 0 Å². The first-order chi connectivity index (χ1) is 12.2. The number of nitrogens with one attached hydrogen (secondary N) is 1. The van der Waals surface area contributed by atoms with Crippen molar-refractivity contribution in [2.75, 3.05) is 7.11 Å². The van der Waals surface area contributed by atoms with Gasteiger partial charge in [0.2, 0.25) is 0 Å². The van der Waals surface area contributed by atoms with Crippen molar-refractivity contribution in [1.82, 2.24) is 5.32 Å². The first-order valence-corrected chi connectivity index (χ1v) is 8.77. The molecule has 0 saturated heterocycles. The molecule has 6 heteroatoms. The molecule has 0 radical (unpaired) electrons. The summed E-state index contributed by atoms with van der Waals surface area (Å²) in [4.78, 5) is 13.0. The largest absolute Gasteiger partial charge is 0.503 e. The number of dihydropyridines is 1. The van der Waals surface area contributed by atoms with Gasteiger partial charge in [-0.3, -0.25) is 4.79 Å². The van der Waals surface area contributed by atoms with E-state index in [1.165, 1.54) is 7.11 Å². The van der Waals surface area contributed by atoms with Crippen LogP contribution in [0.4, 0.5) is 0 Å². The summed E-state index contributed by atoms with van der Waals surface area (Å²) in [6, 6.07) is 5.52. The minimum Gasteiger partial charge on any atom is -0.503 e. The standard InChI is InChI=1S/C20H21ClN2O3/c1-10-12(9-22)16(11-5-6-15(26-4)19(25)18(11)21)17-13(23-10)7-20(2,3)8-14(17)24/h5-6,16,23,25H,7-8H2,1-4H3/t16-/m1/s1. The molecule has 3 rings (SSSR count). The molecular formula is C20H21ClN2O3. The SMILES string of the molecule is COc1ccc([C@@H]2C(C#N)=C(C)NC3=C2C(=O)CC(C)(C)C3)c(Cl)c1O. The molecule has 0 bridgehead atoms. The summed E-state index contributed by atoms with van der Waals surface area (Å²) >= 11 is 6.40. The van der Waals surface area contributed by atoms with Gasteiger partial charge in [0.1, 0.15) is 0 Å². The highest BCUT2D eigenvalue weighted by atomic mass is 35.5. The van der Waals surface area contributed by atoms with Crippen molar-refractivity contribution < 1.29 is 14.6 Å². The monoisotopic (exact) mass is 372 g/mol. The summed E-state index contributed by atoms with van der Waals surface area (Å²) in [7, 11) is 1.44. The Labute approximate surface area is 157 Å². The van der Waals surface area contributed by atoms with Gasteiger partial charge in [-0.15, -0.1) is 0 Å². The highest BCUT2D eigenvalue weighted by Crippen LogP contribution is 2.49. The number of nitrogens with zero attached hydrogens (tertiary/aromatic N) is 1. The van der Waals surface area contributed by atoms with Crippen LogP contribution in [0.15, 0.2) is 34.7 Å². The van der Waals surface area contributed by atoms with E-state index in [1.807, 2.05) is 6.92 Å². The molecule has 136 valence electrons. The van der Waals surface area contributed by atoms with Crippen LogP contribution in [-0.2, 0) is 4.79 Å². The Bertz CT molecular complexity index is 906. The Hall–Kier alpha value is -2.45. The third kappa shape index (κ3) is 2.85. The summed E-state index contributed by atoms with van der Waals surface area (Å²) in [6.45, 7) is 5.92. The van der Waals surface area contributed by atoms with E-state index in [0.29, 0.717) is 35.2 Å². The number of ether oxygens (including phenoxy) is 1. The summed E-state index contributed by atoms with van der Waals surface area (Å²) in [6.07, 6.45) is 1.11. The number of halogens is 1. The van der Waals surface area contributed by atoms with E-state index < -0.39 is 5.92 Å². The number of Topliss-reactive ketones (excluding diaryl/α,β-unsaturated/α-hetero) is 1. The minimum atomic E-state index is -0.593. The number of rotatable bonds is 2. The van der Waals surface area contributed by atoms with Crippen molar-refractivity contribution >= 4 is 17.4 Å². The Morgan fingerprint density at radius 1 is 1.38 bits per heavy atom. The van der Waals surface area contributed by atoms with Crippen LogP contribution in [0.25, 0.3) is 0 Å². The van der Waals surface area contributed by atoms with Crippen molar-refractivity contribution in [2.24, 2.45) is 5.41 Å². The van der Waals surface area contributed by atoms with Gasteiger partial charge in [0.25, 0.3) is 0 Å². The van der Waals surface area contributed by atoms with Gasteiger partial charge in [0.05, 0.1) is 29.7 Å². The van der Waals surface area contributed by atoms with Gasteiger partial charge in [-0.1, -0.05) is 31.5 Å². The Morgan fingerprint density at radius 2 is 2.08 bits per heavy atom. The van der Waals surface area contributed by atoms with Crippen molar-refractivity contribution in [3.63, 3.8) is 0 Å². The topological polar surface area (TPSA) is 82.3 Å². The lowest BCUT2D eigenvalue weighted by Gasteiger charge is -2.38. The third-order valence-electron chi connectivity index (χ3n) is 5.00. The summed E-state index contributed by atoms with van der Waals surface area (Å²) in [5.74, 6) is -0.535. The van der Waals surface area contributed by atoms with Crippen LogP contribution in [-0.4, -0.2) is 18.0 Å². The maximum absolute atomic E-state index is 13.0. The van der Waals surface area contributed by atoms with Crippen LogP contribution in [0.1, 0.15) is 45.1 Å². The zero-order valence-electron chi connectivity index (χ0n) is 15.2. The summed E-state index contributed by atoms with van der Waals surface area (Å²) in [5, 5.41) is 23.4. The molecule has 2 aliphatic rings. The van der Waals surface area contributed by atoms with E-state index in [0.717, 1.165) is 5.70 Å². The molecule has 1 atom stereocenters. The predicted molar refractivity (Wildman–Crippen MR) is 98.9 cm³/mol. The molecule has 0 spiro atoms. The van der Waals surface area contributed by atoms with Crippen LogP contribution >= 0.6 is 11.6 Å². The quantitative estimate of drug-likeness (QED) is 0.813. The van der Waals surface area contributed by atoms with E-state index >= 15 is 0 Å². The maximum Gasteiger partial charge on any atom is 0.177 e. The average molecular weight is 373 g/mol. The molecule has 0 saturated carbocycles. The molecule has 0 unspecified atom stereocenters. The zero-order chi connectivity index (χ0) is 19.2. The smallest absolute Gasteiger partial charge is 0.177 e. The highest BCUT2D eigenvalue weighted by Gasteiger charge is 2.42. The van der Waals surface area contributed by atoms with Gasteiger partial charge in [-0.2, -0.15) is 5.26 Å². The minimum absolute atomic E-state index is 0.000347. The molecule has 1 heterocycles. The molecule has 1 aromatic carbocycles. The van der Waals surface area contributed by atoms with Crippen molar-refractivity contribution in [1.29, 1.82) is 5.26 Å². The van der Waals surface area contributed by atoms with E-state index in [4.69, 9.17) is 16.3 Å². The molecule has 0 amide bonds. The molecule has 26 heavy (non-hydrogen) atoms. The molecule has 2 N–H and O–H groups in total. The van der Waals surface area contributed by atoms with Crippen LogP contribution < -0.4 is 10.1 Å². The first kappa shape index (κ1) is 18.3. The number of hydrogen-bond donors (Lipinski definition) is 2. The number of nitriles is 1. The number of benzene rings is 1. The molecule has 1 aliphatic heterocycles. The lowest BCUT2D eigenvalue weighted by Crippen LogP contribution is -2.36. The second kappa shape index (κ2) is 6.37. The van der Waals surface area contributed by atoms with E-state index in [9.17, 15) is 15.2 Å². The average Bonchev–Trinajstić information content (AvgIpc) is 2.55. The molecule has 1 aromatic rings. The van der Waals surface area contributed by atoms with Crippen molar-refractivity contribution in [3.8, 4) is 17.6 Å². The van der Waals surface area contributed by atoms with E-state index in [1.54, 1.807) is 12.1 Å². The fourth-order valence-electron chi connectivity index (χ4n) is 3.85. The van der Waals surface area contributed by atoms with Crippen molar-refractivity contribution in [3.05, 3.63) is 45.3 Å². The van der Waals surface area contributed by atoms with E-state index in [2.05, 4.69) is 25.2 Å². The number of phenols is 1. The van der Waals surface area contributed by atoms with Crippen LogP contribution in [0.5, 0.6) is 11.5 Å². The predicted octanol–water partition coefficient (Wildman–Crippen LogP) is 4.18. The number of carbonyl (C=O) groups is 1. The number of allylic oxidation sites excluding steroid dienone is 4. The lowest BCUT2D eigenvalue weighted by molar-refractivity contribution is -0.118.